The topological polar surface area (TPSA) is 30.5 Å². The van der Waals surface area contributed by atoms with Crippen molar-refractivity contribution in [2.24, 2.45) is 5.92 Å². The fourth-order valence-corrected chi connectivity index (χ4v) is 2.45. The SMILES string of the molecule is CC(NCc1cc(Cl)c2c(c1)OCO2)C1CC1. The maximum atomic E-state index is 6.13. The third kappa shape index (κ3) is 2.35. The predicted molar refractivity (Wildman–Crippen MR) is 66.6 cm³/mol. The highest BCUT2D eigenvalue weighted by molar-refractivity contribution is 6.32. The molecule has 0 radical (unpaired) electrons. The van der Waals surface area contributed by atoms with Gasteiger partial charge in [0.05, 0.1) is 5.02 Å². The minimum absolute atomic E-state index is 0.268. The van der Waals surface area contributed by atoms with Gasteiger partial charge in [-0.2, -0.15) is 0 Å². The number of fused-ring (bicyclic) bond motifs is 1. The largest absolute Gasteiger partial charge is 0.454 e. The van der Waals surface area contributed by atoms with Crippen molar-refractivity contribution in [2.75, 3.05) is 6.79 Å². The molecule has 3 nitrogen and oxygen atoms in total. The zero-order chi connectivity index (χ0) is 11.8. The molecule has 1 N–H and O–H groups in total. The number of benzene rings is 1. The molecule has 17 heavy (non-hydrogen) atoms. The predicted octanol–water partition coefficient (Wildman–Crippen LogP) is 2.96. The summed E-state index contributed by atoms with van der Waals surface area (Å²) in [5.74, 6) is 2.29. The highest BCUT2D eigenvalue weighted by Gasteiger charge is 2.27. The van der Waals surface area contributed by atoms with Gasteiger partial charge in [0, 0.05) is 12.6 Å². The molecule has 0 spiro atoms. The van der Waals surface area contributed by atoms with Crippen molar-refractivity contribution in [3.8, 4) is 11.5 Å². The minimum atomic E-state index is 0.268. The molecular formula is C13H16ClNO2. The van der Waals surface area contributed by atoms with Crippen molar-refractivity contribution in [1.82, 2.24) is 5.32 Å². The van der Waals surface area contributed by atoms with Gasteiger partial charge < -0.3 is 14.8 Å². The van der Waals surface area contributed by atoms with Gasteiger partial charge in [0.25, 0.3) is 0 Å². The van der Waals surface area contributed by atoms with E-state index in [2.05, 4.69) is 12.2 Å². The first kappa shape index (κ1) is 11.2. The lowest BCUT2D eigenvalue weighted by Gasteiger charge is -2.13. The lowest BCUT2D eigenvalue weighted by Crippen LogP contribution is -2.27. The molecular weight excluding hydrogens is 238 g/mol. The van der Waals surface area contributed by atoms with Gasteiger partial charge in [-0.1, -0.05) is 11.6 Å². The second-order valence-corrected chi connectivity index (χ2v) is 5.23. The Hall–Kier alpha value is -0.930. The number of nitrogens with one attached hydrogen (secondary N) is 1. The summed E-state index contributed by atoms with van der Waals surface area (Å²) in [6.45, 7) is 3.34. The van der Waals surface area contributed by atoms with Crippen molar-refractivity contribution >= 4 is 11.6 Å². The Kier molecular flexibility index (Phi) is 2.89. The molecule has 1 aliphatic heterocycles. The molecule has 1 fully saturated rings. The van der Waals surface area contributed by atoms with Crippen LogP contribution in [0, 0.1) is 5.92 Å². The molecule has 1 unspecified atom stereocenters. The maximum absolute atomic E-state index is 6.13. The Labute approximate surface area is 106 Å². The summed E-state index contributed by atoms with van der Waals surface area (Å²) in [5.41, 5.74) is 1.15. The molecule has 4 heteroatoms. The standard InChI is InChI=1S/C13H16ClNO2/c1-8(10-2-3-10)15-6-9-4-11(14)13-12(5-9)16-7-17-13/h4-5,8,10,15H,2-3,6-7H2,1H3. The second-order valence-electron chi connectivity index (χ2n) is 4.82. The molecule has 1 atom stereocenters. The quantitative estimate of drug-likeness (QED) is 0.895. The van der Waals surface area contributed by atoms with Gasteiger partial charge in [0.15, 0.2) is 11.5 Å². The van der Waals surface area contributed by atoms with Crippen molar-refractivity contribution in [3.63, 3.8) is 0 Å². The summed E-state index contributed by atoms with van der Waals surface area (Å²) < 4.78 is 10.6. The molecule has 0 bridgehead atoms. The van der Waals surface area contributed by atoms with Crippen molar-refractivity contribution in [1.29, 1.82) is 0 Å². The van der Waals surface area contributed by atoms with Crippen LogP contribution < -0.4 is 14.8 Å². The van der Waals surface area contributed by atoms with Gasteiger partial charge in [0.1, 0.15) is 0 Å². The van der Waals surface area contributed by atoms with Crippen LogP contribution in [0.3, 0.4) is 0 Å². The van der Waals surface area contributed by atoms with Crippen LogP contribution in [0.4, 0.5) is 0 Å². The Bertz CT molecular complexity index is 432. The molecule has 2 aliphatic rings. The zero-order valence-corrected chi connectivity index (χ0v) is 10.6. The van der Waals surface area contributed by atoms with E-state index in [9.17, 15) is 0 Å². The first-order valence-electron chi connectivity index (χ1n) is 6.05. The lowest BCUT2D eigenvalue weighted by molar-refractivity contribution is 0.174. The summed E-state index contributed by atoms with van der Waals surface area (Å²) in [6, 6.07) is 4.53. The molecule has 3 rings (SSSR count). The average molecular weight is 254 g/mol. The molecule has 0 amide bonds. The molecule has 1 aromatic carbocycles. The summed E-state index contributed by atoms with van der Waals surface area (Å²) >= 11 is 6.13. The Morgan fingerprint density at radius 1 is 1.41 bits per heavy atom. The van der Waals surface area contributed by atoms with Crippen LogP contribution >= 0.6 is 11.6 Å². The van der Waals surface area contributed by atoms with Gasteiger partial charge in [-0.05, 0) is 43.4 Å². The summed E-state index contributed by atoms with van der Waals surface area (Å²) in [7, 11) is 0. The number of halogens is 1. The molecule has 1 aromatic rings. The Morgan fingerprint density at radius 2 is 2.24 bits per heavy atom. The number of ether oxygens (including phenoxy) is 2. The third-order valence-electron chi connectivity index (χ3n) is 3.44. The monoisotopic (exact) mass is 253 g/mol. The zero-order valence-electron chi connectivity index (χ0n) is 9.83. The second kappa shape index (κ2) is 4.39. The van der Waals surface area contributed by atoms with Gasteiger partial charge in [-0.25, -0.2) is 0 Å². The van der Waals surface area contributed by atoms with Crippen LogP contribution in [-0.4, -0.2) is 12.8 Å². The maximum Gasteiger partial charge on any atom is 0.231 e. The first-order valence-corrected chi connectivity index (χ1v) is 6.43. The number of hydrogen-bond acceptors (Lipinski definition) is 3. The number of hydrogen-bond donors (Lipinski definition) is 1. The summed E-state index contributed by atoms with van der Waals surface area (Å²) in [5, 5.41) is 4.16. The van der Waals surface area contributed by atoms with Crippen LogP contribution in [-0.2, 0) is 6.54 Å². The van der Waals surface area contributed by atoms with Crippen molar-refractivity contribution in [3.05, 3.63) is 22.7 Å². The highest BCUT2D eigenvalue weighted by Crippen LogP contribution is 2.40. The van der Waals surface area contributed by atoms with E-state index < -0.39 is 0 Å². The normalized spacial score (nSPS) is 19.4. The van der Waals surface area contributed by atoms with E-state index in [-0.39, 0.29) is 6.79 Å². The third-order valence-corrected chi connectivity index (χ3v) is 3.73. The summed E-state index contributed by atoms with van der Waals surface area (Å²) in [4.78, 5) is 0. The van der Waals surface area contributed by atoms with E-state index in [0.717, 1.165) is 23.8 Å². The Balaban J connectivity index is 1.68. The molecule has 1 heterocycles. The molecule has 92 valence electrons. The Morgan fingerprint density at radius 3 is 3.00 bits per heavy atom. The van der Waals surface area contributed by atoms with Crippen LogP contribution in [0.2, 0.25) is 5.02 Å². The van der Waals surface area contributed by atoms with Crippen LogP contribution in [0.1, 0.15) is 25.3 Å². The van der Waals surface area contributed by atoms with Gasteiger partial charge in [-0.15, -0.1) is 0 Å². The van der Waals surface area contributed by atoms with E-state index in [1.807, 2.05) is 12.1 Å². The summed E-state index contributed by atoms with van der Waals surface area (Å²) in [6.07, 6.45) is 2.71. The fraction of sp³-hybridized carbons (Fsp3) is 0.538. The van der Waals surface area contributed by atoms with Gasteiger partial charge in [0.2, 0.25) is 6.79 Å². The smallest absolute Gasteiger partial charge is 0.231 e. The van der Waals surface area contributed by atoms with Gasteiger partial charge in [-0.3, -0.25) is 0 Å². The minimum Gasteiger partial charge on any atom is -0.454 e. The van der Waals surface area contributed by atoms with Crippen LogP contribution in [0.15, 0.2) is 12.1 Å². The highest BCUT2D eigenvalue weighted by atomic mass is 35.5. The van der Waals surface area contributed by atoms with Gasteiger partial charge >= 0.3 is 0 Å². The van der Waals surface area contributed by atoms with Crippen LogP contribution in [0.5, 0.6) is 11.5 Å². The van der Waals surface area contributed by atoms with Crippen LogP contribution in [0.25, 0.3) is 0 Å². The van der Waals surface area contributed by atoms with E-state index in [1.54, 1.807) is 0 Å². The molecule has 0 saturated heterocycles. The molecule has 1 saturated carbocycles. The average Bonchev–Trinajstić information content (AvgIpc) is 3.05. The number of rotatable bonds is 4. The van der Waals surface area contributed by atoms with E-state index >= 15 is 0 Å². The van der Waals surface area contributed by atoms with E-state index in [0.29, 0.717) is 16.8 Å². The van der Waals surface area contributed by atoms with E-state index in [1.165, 1.54) is 12.8 Å². The lowest BCUT2D eigenvalue weighted by atomic mass is 10.1. The first-order chi connectivity index (χ1) is 8.24. The van der Waals surface area contributed by atoms with E-state index in [4.69, 9.17) is 21.1 Å². The van der Waals surface area contributed by atoms with Crippen molar-refractivity contribution in [2.45, 2.75) is 32.4 Å². The molecule has 0 aromatic heterocycles. The molecule has 1 aliphatic carbocycles. The fourth-order valence-electron chi connectivity index (χ4n) is 2.16. The van der Waals surface area contributed by atoms with Crippen molar-refractivity contribution < 1.29 is 9.47 Å².